The molecule has 3 heterocycles. The van der Waals surface area contributed by atoms with Crippen LogP contribution in [0, 0.1) is 0 Å². The molecule has 4 aromatic rings. The Hall–Kier alpha value is -3.07. The molecule has 0 fully saturated rings. The van der Waals surface area contributed by atoms with Gasteiger partial charge in [-0.15, -0.1) is 10.2 Å². The summed E-state index contributed by atoms with van der Waals surface area (Å²) in [5.74, 6) is 4.00. The molecule has 0 aliphatic carbocycles. The van der Waals surface area contributed by atoms with Crippen LogP contribution in [-0.2, 0) is 17.7 Å². The highest BCUT2D eigenvalue weighted by molar-refractivity contribution is 7.98. The van der Waals surface area contributed by atoms with E-state index in [0.717, 1.165) is 22.2 Å². The number of rotatable bonds is 7. The number of ether oxygens (including phenoxy) is 1. The van der Waals surface area contributed by atoms with Crippen molar-refractivity contribution >= 4 is 11.8 Å². The Labute approximate surface area is 178 Å². The fourth-order valence-electron chi connectivity index (χ4n) is 2.87. The van der Waals surface area contributed by atoms with E-state index >= 15 is 0 Å². The Bertz CT molecular complexity index is 1110. The summed E-state index contributed by atoms with van der Waals surface area (Å²) in [6.07, 6.45) is 1.66. The monoisotopic (exact) mass is 425 g/mol. The quantitative estimate of drug-likeness (QED) is 0.398. The molecule has 3 aromatic heterocycles. The minimum Gasteiger partial charge on any atom is -0.496 e. The first-order valence-electron chi connectivity index (χ1n) is 9.50. The SMILES string of the molecule is COc1ccccc1-c1nnc(SCc2noc(C(C)(C)C)n2)n1Cc1ccco1. The number of methoxy groups -OCH3 is 1. The molecular weight excluding hydrogens is 402 g/mol. The predicted octanol–water partition coefficient (Wildman–Crippen LogP) is 4.57. The highest BCUT2D eigenvalue weighted by atomic mass is 32.2. The van der Waals surface area contributed by atoms with Crippen LogP contribution in [0.3, 0.4) is 0 Å². The molecule has 0 atom stereocenters. The van der Waals surface area contributed by atoms with E-state index in [0.29, 0.717) is 29.8 Å². The fourth-order valence-corrected chi connectivity index (χ4v) is 3.65. The van der Waals surface area contributed by atoms with Crippen LogP contribution in [0.2, 0.25) is 0 Å². The zero-order valence-corrected chi connectivity index (χ0v) is 18.1. The highest BCUT2D eigenvalue weighted by Crippen LogP contribution is 2.32. The zero-order valence-electron chi connectivity index (χ0n) is 17.3. The third kappa shape index (κ3) is 4.25. The number of benzene rings is 1. The van der Waals surface area contributed by atoms with E-state index in [2.05, 4.69) is 20.3 Å². The van der Waals surface area contributed by atoms with E-state index in [1.54, 1.807) is 13.4 Å². The molecule has 0 aliphatic rings. The molecule has 0 bridgehead atoms. The summed E-state index contributed by atoms with van der Waals surface area (Å²) in [5.41, 5.74) is 0.673. The van der Waals surface area contributed by atoms with E-state index < -0.39 is 0 Å². The number of furan rings is 1. The Morgan fingerprint density at radius 1 is 1.10 bits per heavy atom. The van der Waals surface area contributed by atoms with Gasteiger partial charge >= 0.3 is 0 Å². The predicted molar refractivity (Wildman–Crippen MR) is 112 cm³/mol. The average molecular weight is 426 g/mol. The van der Waals surface area contributed by atoms with Gasteiger partial charge in [0.15, 0.2) is 16.8 Å². The molecule has 0 amide bonds. The smallest absolute Gasteiger partial charge is 0.232 e. The van der Waals surface area contributed by atoms with Gasteiger partial charge in [0, 0.05) is 5.41 Å². The van der Waals surface area contributed by atoms with Crippen LogP contribution in [0.4, 0.5) is 0 Å². The van der Waals surface area contributed by atoms with Crippen molar-refractivity contribution < 1.29 is 13.7 Å². The summed E-state index contributed by atoms with van der Waals surface area (Å²) in [6, 6.07) is 11.5. The van der Waals surface area contributed by atoms with Crippen molar-refractivity contribution in [1.82, 2.24) is 24.9 Å². The van der Waals surface area contributed by atoms with Crippen LogP contribution < -0.4 is 4.74 Å². The minimum atomic E-state index is -0.188. The number of para-hydroxylation sites is 1. The molecule has 156 valence electrons. The minimum absolute atomic E-state index is 0.188. The first-order valence-corrected chi connectivity index (χ1v) is 10.5. The van der Waals surface area contributed by atoms with Gasteiger partial charge in [-0.1, -0.05) is 49.8 Å². The standard InChI is InChI=1S/C21H23N5O3S/c1-21(2,3)19-22-17(25-29-19)13-30-20-24-23-18(15-9-5-6-10-16(15)27-4)26(20)12-14-8-7-11-28-14/h5-11H,12-13H2,1-4H3. The van der Waals surface area contributed by atoms with Crippen LogP contribution in [0.25, 0.3) is 11.4 Å². The molecule has 1 aromatic carbocycles. The summed E-state index contributed by atoms with van der Waals surface area (Å²) < 4.78 is 18.5. The Morgan fingerprint density at radius 3 is 2.63 bits per heavy atom. The Kier molecular flexibility index (Phi) is 5.63. The Balaban J connectivity index is 1.64. The van der Waals surface area contributed by atoms with Crippen LogP contribution in [0.15, 0.2) is 56.8 Å². The van der Waals surface area contributed by atoms with Gasteiger partial charge in [-0.25, -0.2) is 0 Å². The molecule has 0 N–H and O–H groups in total. The maximum atomic E-state index is 5.56. The summed E-state index contributed by atoms with van der Waals surface area (Å²) in [7, 11) is 1.64. The average Bonchev–Trinajstić information content (AvgIpc) is 3.48. The summed E-state index contributed by atoms with van der Waals surface area (Å²) in [4.78, 5) is 4.50. The van der Waals surface area contributed by atoms with Crippen molar-refractivity contribution in [2.45, 2.75) is 43.6 Å². The van der Waals surface area contributed by atoms with Gasteiger partial charge in [-0.3, -0.25) is 4.57 Å². The van der Waals surface area contributed by atoms with Gasteiger partial charge in [0.25, 0.3) is 0 Å². The van der Waals surface area contributed by atoms with Crippen LogP contribution in [-0.4, -0.2) is 32.0 Å². The second kappa shape index (κ2) is 8.35. The van der Waals surface area contributed by atoms with Crippen LogP contribution >= 0.6 is 11.8 Å². The molecule has 0 saturated carbocycles. The summed E-state index contributed by atoms with van der Waals surface area (Å²) >= 11 is 1.50. The second-order valence-electron chi connectivity index (χ2n) is 7.73. The molecule has 4 rings (SSSR count). The summed E-state index contributed by atoms with van der Waals surface area (Å²) in [6.45, 7) is 6.61. The van der Waals surface area contributed by atoms with E-state index in [4.69, 9.17) is 13.7 Å². The van der Waals surface area contributed by atoms with Crippen molar-refractivity contribution in [2.24, 2.45) is 0 Å². The summed E-state index contributed by atoms with van der Waals surface area (Å²) in [5, 5.41) is 13.7. The fraction of sp³-hybridized carbons (Fsp3) is 0.333. The lowest BCUT2D eigenvalue weighted by atomic mass is 9.97. The maximum Gasteiger partial charge on any atom is 0.232 e. The number of hydrogen-bond donors (Lipinski definition) is 0. The van der Waals surface area contributed by atoms with Crippen molar-refractivity contribution in [3.8, 4) is 17.1 Å². The van der Waals surface area contributed by atoms with Crippen LogP contribution in [0.1, 0.15) is 38.2 Å². The number of nitrogens with zero attached hydrogens (tertiary/aromatic N) is 5. The van der Waals surface area contributed by atoms with Gasteiger partial charge in [0.1, 0.15) is 11.5 Å². The molecule has 9 heteroatoms. The van der Waals surface area contributed by atoms with Crippen molar-refractivity contribution in [3.63, 3.8) is 0 Å². The lowest BCUT2D eigenvalue weighted by molar-refractivity contribution is 0.319. The molecule has 0 saturated heterocycles. The normalized spacial score (nSPS) is 11.7. The molecule has 0 radical (unpaired) electrons. The lowest BCUT2D eigenvalue weighted by Crippen LogP contribution is -2.11. The van der Waals surface area contributed by atoms with Gasteiger partial charge in [0.2, 0.25) is 5.89 Å². The largest absolute Gasteiger partial charge is 0.496 e. The molecule has 30 heavy (non-hydrogen) atoms. The van der Waals surface area contributed by atoms with Crippen molar-refractivity contribution in [2.75, 3.05) is 7.11 Å². The van der Waals surface area contributed by atoms with E-state index in [-0.39, 0.29) is 5.41 Å². The number of aromatic nitrogens is 5. The number of thioether (sulfide) groups is 1. The van der Waals surface area contributed by atoms with Crippen molar-refractivity contribution in [3.05, 3.63) is 60.1 Å². The topological polar surface area (TPSA) is 92.0 Å². The van der Waals surface area contributed by atoms with E-state index in [1.165, 1.54) is 11.8 Å². The number of hydrogen-bond acceptors (Lipinski definition) is 8. The van der Waals surface area contributed by atoms with Gasteiger partial charge in [-0.05, 0) is 24.3 Å². The third-order valence-electron chi connectivity index (χ3n) is 4.40. The van der Waals surface area contributed by atoms with Gasteiger partial charge in [0.05, 0.1) is 31.2 Å². The van der Waals surface area contributed by atoms with Gasteiger partial charge < -0.3 is 13.7 Å². The second-order valence-corrected chi connectivity index (χ2v) is 8.67. The first-order chi connectivity index (χ1) is 14.5. The molecule has 0 aliphatic heterocycles. The molecule has 8 nitrogen and oxygen atoms in total. The van der Waals surface area contributed by atoms with E-state index in [1.807, 2.05) is 61.7 Å². The van der Waals surface area contributed by atoms with Crippen molar-refractivity contribution in [1.29, 1.82) is 0 Å². The maximum absolute atomic E-state index is 5.56. The molecule has 0 unspecified atom stereocenters. The lowest BCUT2D eigenvalue weighted by Gasteiger charge is -2.11. The first kappa shape index (κ1) is 20.2. The van der Waals surface area contributed by atoms with Crippen LogP contribution in [0.5, 0.6) is 5.75 Å². The van der Waals surface area contributed by atoms with E-state index in [9.17, 15) is 0 Å². The van der Waals surface area contributed by atoms with Gasteiger partial charge in [-0.2, -0.15) is 4.98 Å². The molecule has 0 spiro atoms. The molecular formula is C21H23N5O3S. The Morgan fingerprint density at radius 2 is 1.93 bits per heavy atom. The highest BCUT2D eigenvalue weighted by Gasteiger charge is 2.23. The zero-order chi connectivity index (χ0) is 21.1. The third-order valence-corrected chi connectivity index (χ3v) is 5.36.